The molecule has 3 N–H and O–H groups in total. The lowest BCUT2D eigenvalue weighted by molar-refractivity contribution is -0.137. The summed E-state index contributed by atoms with van der Waals surface area (Å²) in [5.74, 6) is 0.732. The van der Waals surface area contributed by atoms with Gasteiger partial charge in [0.15, 0.2) is 11.9 Å². The number of aliphatic hydroxyl groups is 3. The molecule has 0 radical (unpaired) electrons. The second-order valence-electron chi connectivity index (χ2n) is 12.2. The first-order valence-electron chi connectivity index (χ1n) is 14.4. The molecule has 232 valence electrons. The smallest absolute Gasteiger partial charge is 0.416 e. The summed E-state index contributed by atoms with van der Waals surface area (Å²) in [6.45, 7) is 4.74. The van der Waals surface area contributed by atoms with Crippen LogP contribution in [-0.2, 0) is 12.6 Å². The summed E-state index contributed by atoms with van der Waals surface area (Å²) in [6.07, 6.45) is -2.69. The molecule has 3 heterocycles. The van der Waals surface area contributed by atoms with Crippen LogP contribution in [0.15, 0.2) is 42.7 Å². The number of fused-ring (bicyclic) bond motifs is 1. The number of piperidine rings is 1. The maximum atomic E-state index is 16.2. The Kier molecular flexibility index (Phi) is 8.92. The molecule has 0 amide bonds. The van der Waals surface area contributed by atoms with Gasteiger partial charge in [-0.3, -0.25) is 4.98 Å². The van der Waals surface area contributed by atoms with E-state index in [1.165, 1.54) is 12.4 Å². The number of halogens is 4. The minimum Gasteiger partial charge on any atom is -0.488 e. The van der Waals surface area contributed by atoms with Gasteiger partial charge >= 0.3 is 6.18 Å². The fourth-order valence-corrected chi connectivity index (χ4v) is 5.88. The topological polar surface area (TPSA) is 112 Å². The predicted octanol–water partition coefficient (Wildman–Crippen LogP) is 5.07. The van der Waals surface area contributed by atoms with Gasteiger partial charge in [0, 0.05) is 35.8 Å². The van der Waals surface area contributed by atoms with E-state index in [4.69, 9.17) is 14.8 Å². The van der Waals surface area contributed by atoms with Crippen LogP contribution in [0.2, 0.25) is 0 Å². The van der Waals surface area contributed by atoms with Crippen LogP contribution in [0.1, 0.15) is 84.9 Å². The number of anilines is 1. The van der Waals surface area contributed by atoms with Gasteiger partial charge < -0.3 is 25.0 Å². The number of ether oxygens (including phenoxy) is 1. The third-order valence-corrected chi connectivity index (χ3v) is 8.18. The van der Waals surface area contributed by atoms with E-state index in [-0.39, 0.29) is 29.1 Å². The van der Waals surface area contributed by atoms with Crippen LogP contribution in [0.4, 0.5) is 23.5 Å². The molecule has 0 bridgehead atoms. The Hall–Kier alpha value is -3.35. The maximum absolute atomic E-state index is 16.2. The molecule has 1 saturated heterocycles. The first-order valence-corrected chi connectivity index (χ1v) is 14.4. The van der Waals surface area contributed by atoms with E-state index in [1.54, 1.807) is 6.07 Å². The predicted molar refractivity (Wildman–Crippen MR) is 151 cm³/mol. The van der Waals surface area contributed by atoms with E-state index in [1.807, 2.05) is 4.90 Å². The van der Waals surface area contributed by atoms with Crippen LogP contribution in [0, 0.1) is 5.41 Å². The fraction of sp³-hybridized carbons (Fsp3) is 0.516. The normalized spacial score (nSPS) is 20.4. The first kappa shape index (κ1) is 31.1. The molecule has 2 aromatic heterocycles. The molecular weight excluding hydrogens is 568 g/mol. The molecule has 0 saturated carbocycles. The summed E-state index contributed by atoms with van der Waals surface area (Å²) in [4.78, 5) is 15.7. The standard InChI is InChI=1S/C31H36F4N4O4/c1-30(2)12-25-23(26(42)13-30)11-24(27(32)18-3-5-20(6-4-18)31(33,34)35)28(38-25)19-7-9-39(10-8-19)29-36-14-22(15-37-29)43-17-21(41)16-40/h3-6,11,14-15,19,21,26-27,40-42H,7-10,12-13,16-17H2,1-2H3/t21-,26?,27+/m1/s1. The van der Waals surface area contributed by atoms with Crippen LogP contribution in [-0.4, -0.2) is 62.7 Å². The van der Waals surface area contributed by atoms with Gasteiger partial charge in [0.2, 0.25) is 5.95 Å². The van der Waals surface area contributed by atoms with E-state index in [0.29, 0.717) is 61.7 Å². The Bertz CT molecular complexity index is 1390. The number of benzene rings is 1. The van der Waals surface area contributed by atoms with Gasteiger partial charge in [-0.25, -0.2) is 14.4 Å². The van der Waals surface area contributed by atoms with Crippen molar-refractivity contribution in [3.8, 4) is 5.75 Å². The molecule has 1 aliphatic heterocycles. The van der Waals surface area contributed by atoms with Crippen molar-refractivity contribution in [3.63, 3.8) is 0 Å². The van der Waals surface area contributed by atoms with Gasteiger partial charge in [0.1, 0.15) is 12.7 Å². The number of alkyl halides is 4. The molecule has 3 aromatic rings. The van der Waals surface area contributed by atoms with Crippen molar-refractivity contribution in [3.05, 3.63) is 76.4 Å². The Morgan fingerprint density at radius 3 is 2.35 bits per heavy atom. The summed E-state index contributed by atoms with van der Waals surface area (Å²) in [5.41, 5.74) is 1.22. The van der Waals surface area contributed by atoms with E-state index >= 15 is 4.39 Å². The molecule has 12 heteroatoms. The maximum Gasteiger partial charge on any atom is 0.416 e. The third kappa shape index (κ3) is 7.08. The summed E-state index contributed by atoms with van der Waals surface area (Å²) >= 11 is 0. The zero-order valence-electron chi connectivity index (χ0n) is 24.1. The van der Waals surface area contributed by atoms with E-state index in [2.05, 4.69) is 23.8 Å². The summed E-state index contributed by atoms with van der Waals surface area (Å²) in [6, 6.07) is 5.76. The van der Waals surface area contributed by atoms with Crippen LogP contribution >= 0.6 is 0 Å². The van der Waals surface area contributed by atoms with Gasteiger partial charge in [-0.1, -0.05) is 26.0 Å². The monoisotopic (exact) mass is 604 g/mol. The molecule has 1 aromatic carbocycles. The van der Waals surface area contributed by atoms with E-state index in [0.717, 1.165) is 30.0 Å². The molecular formula is C31H36F4N4O4. The average molecular weight is 605 g/mol. The zero-order chi connectivity index (χ0) is 30.9. The lowest BCUT2D eigenvalue weighted by Crippen LogP contribution is -2.35. The first-order chi connectivity index (χ1) is 20.3. The highest BCUT2D eigenvalue weighted by Crippen LogP contribution is 2.44. The molecule has 43 heavy (non-hydrogen) atoms. The minimum atomic E-state index is -4.52. The van der Waals surface area contributed by atoms with Crippen molar-refractivity contribution in [1.29, 1.82) is 0 Å². The second kappa shape index (κ2) is 12.3. The molecule has 8 nitrogen and oxygen atoms in total. The van der Waals surface area contributed by atoms with Crippen molar-refractivity contribution in [1.82, 2.24) is 15.0 Å². The number of hydrogen-bond donors (Lipinski definition) is 3. The Labute approximate surface area is 247 Å². The largest absolute Gasteiger partial charge is 0.488 e. The number of rotatable bonds is 8. The quantitative estimate of drug-likeness (QED) is 0.306. The van der Waals surface area contributed by atoms with Gasteiger partial charge in [0.05, 0.1) is 36.4 Å². The van der Waals surface area contributed by atoms with Crippen molar-refractivity contribution < 1.29 is 37.6 Å². The number of aromatic nitrogens is 3. The lowest BCUT2D eigenvalue weighted by Gasteiger charge is -2.37. The lowest BCUT2D eigenvalue weighted by atomic mass is 9.74. The summed E-state index contributed by atoms with van der Waals surface area (Å²) in [5, 5.41) is 29.3. The van der Waals surface area contributed by atoms with E-state index < -0.39 is 36.7 Å². The highest BCUT2D eigenvalue weighted by molar-refractivity contribution is 5.43. The van der Waals surface area contributed by atoms with Gasteiger partial charge in [-0.15, -0.1) is 0 Å². The molecule has 3 atom stereocenters. The highest BCUT2D eigenvalue weighted by Gasteiger charge is 2.36. The van der Waals surface area contributed by atoms with Gasteiger partial charge in [-0.05, 0) is 54.9 Å². The number of nitrogens with zero attached hydrogens (tertiary/aromatic N) is 4. The minimum absolute atomic E-state index is 0.0863. The number of hydrogen-bond acceptors (Lipinski definition) is 8. The molecule has 0 spiro atoms. The molecule has 5 rings (SSSR count). The Morgan fingerprint density at radius 2 is 1.74 bits per heavy atom. The van der Waals surface area contributed by atoms with Crippen LogP contribution in [0.5, 0.6) is 5.75 Å². The molecule has 2 aliphatic rings. The van der Waals surface area contributed by atoms with E-state index in [9.17, 15) is 23.4 Å². The number of aliphatic hydroxyl groups excluding tert-OH is 3. The summed E-state index contributed by atoms with van der Waals surface area (Å²) < 4.78 is 61.0. The van der Waals surface area contributed by atoms with Crippen molar-refractivity contribution >= 4 is 5.95 Å². The Balaban J connectivity index is 1.38. The van der Waals surface area contributed by atoms with Gasteiger partial charge in [0.25, 0.3) is 0 Å². The molecule has 1 aliphatic carbocycles. The zero-order valence-corrected chi connectivity index (χ0v) is 24.1. The van der Waals surface area contributed by atoms with Gasteiger partial charge in [-0.2, -0.15) is 13.2 Å². The Morgan fingerprint density at radius 1 is 1.09 bits per heavy atom. The fourth-order valence-electron chi connectivity index (χ4n) is 5.88. The van der Waals surface area contributed by atoms with Crippen LogP contribution < -0.4 is 9.64 Å². The summed E-state index contributed by atoms with van der Waals surface area (Å²) in [7, 11) is 0. The average Bonchev–Trinajstić information content (AvgIpc) is 2.98. The third-order valence-electron chi connectivity index (χ3n) is 8.18. The van der Waals surface area contributed by atoms with Crippen LogP contribution in [0.25, 0.3) is 0 Å². The van der Waals surface area contributed by atoms with Crippen molar-refractivity contribution in [2.45, 2.75) is 70.0 Å². The van der Waals surface area contributed by atoms with Crippen LogP contribution in [0.3, 0.4) is 0 Å². The van der Waals surface area contributed by atoms with Crippen molar-refractivity contribution in [2.24, 2.45) is 5.41 Å². The van der Waals surface area contributed by atoms with Crippen molar-refractivity contribution in [2.75, 3.05) is 31.2 Å². The number of pyridine rings is 1. The molecule has 1 fully saturated rings. The SMILES string of the molecule is CC1(C)Cc2nc(C3CCN(c4ncc(OC[C@H](O)CO)cn4)CC3)c([C@@H](F)c3ccc(C(F)(F)F)cc3)cc2C(O)C1. The second-order valence-corrected chi connectivity index (χ2v) is 12.2. The highest BCUT2D eigenvalue weighted by atomic mass is 19.4. The molecule has 1 unspecified atom stereocenters.